The minimum absolute atomic E-state index is 0.0448. The van der Waals surface area contributed by atoms with E-state index in [0.29, 0.717) is 18.2 Å². The maximum atomic E-state index is 12.7. The van der Waals surface area contributed by atoms with Crippen molar-refractivity contribution in [3.8, 4) is 16.9 Å². The van der Waals surface area contributed by atoms with Crippen molar-refractivity contribution in [2.75, 3.05) is 18.6 Å². The van der Waals surface area contributed by atoms with Crippen LogP contribution in [0.1, 0.15) is 11.1 Å². The van der Waals surface area contributed by atoms with Crippen molar-refractivity contribution in [2.45, 2.75) is 13.2 Å². The van der Waals surface area contributed by atoms with Crippen LogP contribution in [0.15, 0.2) is 66.7 Å². The van der Waals surface area contributed by atoms with Crippen LogP contribution in [-0.2, 0) is 22.7 Å². The molecule has 28 heavy (non-hydrogen) atoms. The standard InChI is InChI=1S/C23H20ClNO3/c1-27-22-9-5-3-7-19(22)16-10-11-21-18(12-16)14-28-15-23(26)25(21)13-17-6-2-4-8-20(17)24/h2-12H,13-15H2,1H3. The lowest BCUT2D eigenvalue weighted by Crippen LogP contribution is -2.32. The molecular formula is C23H20ClNO3. The maximum absolute atomic E-state index is 12.7. The van der Waals surface area contributed by atoms with Crippen LogP contribution in [0.3, 0.4) is 0 Å². The average Bonchev–Trinajstić information content (AvgIpc) is 2.88. The van der Waals surface area contributed by atoms with Gasteiger partial charge in [0.1, 0.15) is 12.4 Å². The minimum atomic E-state index is -0.0799. The van der Waals surface area contributed by atoms with Crippen LogP contribution < -0.4 is 9.64 Å². The van der Waals surface area contributed by atoms with Crippen molar-refractivity contribution in [1.29, 1.82) is 0 Å². The monoisotopic (exact) mass is 393 g/mol. The van der Waals surface area contributed by atoms with Crippen molar-refractivity contribution < 1.29 is 14.3 Å². The third-order valence-corrected chi connectivity index (χ3v) is 5.23. The fourth-order valence-electron chi connectivity index (χ4n) is 3.45. The van der Waals surface area contributed by atoms with Crippen LogP contribution in [0.5, 0.6) is 5.75 Å². The van der Waals surface area contributed by atoms with Crippen LogP contribution in [0.4, 0.5) is 5.69 Å². The zero-order valence-corrected chi connectivity index (χ0v) is 16.3. The Kier molecular flexibility index (Phi) is 5.33. The Morgan fingerprint density at radius 2 is 1.82 bits per heavy atom. The number of benzene rings is 3. The van der Waals surface area contributed by atoms with Gasteiger partial charge in [0, 0.05) is 21.8 Å². The molecule has 3 aromatic rings. The summed E-state index contributed by atoms with van der Waals surface area (Å²) in [6.07, 6.45) is 0. The molecule has 0 N–H and O–H groups in total. The maximum Gasteiger partial charge on any atom is 0.253 e. The van der Waals surface area contributed by atoms with Crippen LogP contribution >= 0.6 is 11.6 Å². The zero-order chi connectivity index (χ0) is 19.5. The third-order valence-electron chi connectivity index (χ3n) is 4.86. The normalized spacial score (nSPS) is 13.8. The summed E-state index contributed by atoms with van der Waals surface area (Å²) in [5.41, 5.74) is 4.73. The van der Waals surface area contributed by atoms with Gasteiger partial charge in [-0.05, 0) is 35.4 Å². The van der Waals surface area contributed by atoms with Gasteiger partial charge in [0.15, 0.2) is 0 Å². The molecule has 0 aromatic heterocycles. The number of fused-ring (bicyclic) bond motifs is 1. The van der Waals surface area contributed by atoms with Crippen LogP contribution in [-0.4, -0.2) is 19.6 Å². The number of amides is 1. The minimum Gasteiger partial charge on any atom is -0.496 e. The van der Waals surface area contributed by atoms with E-state index in [-0.39, 0.29) is 12.5 Å². The first-order valence-corrected chi connectivity index (χ1v) is 9.43. The first kappa shape index (κ1) is 18.5. The number of hydrogen-bond donors (Lipinski definition) is 0. The fraction of sp³-hybridized carbons (Fsp3) is 0.174. The summed E-state index contributed by atoms with van der Waals surface area (Å²) in [7, 11) is 1.66. The van der Waals surface area contributed by atoms with Gasteiger partial charge in [-0.25, -0.2) is 0 Å². The Morgan fingerprint density at radius 1 is 1.04 bits per heavy atom. The molecule has 4 rings (SSSR count). The Bertz CT molecular complexity index is 1020. The molecule has 5 heteroatoms. The van der Waals surface area contributed by atoms with E-state index < -0.39 is 0 Å². The molecule has 0 atom stereocenters. The van der Waals surface area contributed by atoms with Crippen molar-refractivity contribution >= 4 is 23.2 Å². The molecule has 0 radical (unpaired) electrons. The Labute approximate surface area is 169 Å². The predicted molar refractivity (Wildman–Crippen MR) is 111 cm³/mol. The lowest BCUT2D eigenvalue weighted by molar-refractivity contribution is -0.123. The number of anilines is 1. The second-order valence-corrected chi connectivity index (χ2v) is 7.02. The highest BCUT2D eigenvalue weighted by molar-refractivity contribution is 6.31. The molecule has 3 aromatic carbocycles. The van der Waals surface area contributed by atoms with E-state index >= 15 is 0 Å². The second kappa shape index (κ2) is 8.05. The fourth-order valence-corrected chi connectivity index (χ4v) is 3.64. The van der Waals surface area contributed by atoms with Gasteiger partial charge in [-0.15, -0.1) is 0 Å². The summed E-state index contributed by atoms with van der Waals surface area (Å²) in [6, 6.07) is 21.5. The molecule has 0 aliphatic carbocycles. The largest absolute Gasteiger partial charge is 0.496 e. The van der Waals surface area contributed by atoms with Gasteiger partial charge >= 0.3 is 0 Å². The molecule has 0 fully saturated rings. The Hall–Kier alpha value is -2.82. The SMILES string of the molecule is COc1ccccc1-c1ccc2c(c1)COCC(=O)N2Cc1ccccc1Cl. The van der Waals surface area contributed by atoms with E-state index in [1.54, 1.807) is 12.0 Å². The molecule has 0 bridgehead atoms. The molecule has 0 spiro atoms. The van der Waals surface area contributed by atoms with Crippen LogP contribution in [0.2, 0.25) is 5.02 Å². The van der Waals surface area contributed by atoms with Gasteiger partial charge in [-0.2, -0.15) is 0 Å². The molecule has 1 aliphatic heterocycles. The van der Waals surface area contributed by atoms with E-state index in [4.69, 9.17) is 21.1 Å². The highest BCUT2D eigenvalue weighted by atomic mass is 35.5. The van der Waals surface area contributed by atoms with Gasteiger partial charge in [-0.1, -0.05) is 54.1 Å². The number of carbonyl (C=O) groups excluding carboxylic acids is 1. The van der Waals surface area contributed by atoms with Crippen molar-refractivity contribution in [2.24, 2.45) is 0 Å². The number of methoxy groups -OCH3 is 1. The zero-order valence-electron chi connectivity index (χ0n) is 15.5. The number of nitrogens with zero attached hydrogens (tertiary/aromatic N) is 1. The van der Waals surface area contributed by atoms with Crippen molar-refractivity contribution in [3.05, 3.63) is 82.9 Å². The molecule has 1 heterocycles. The summed E-state index contributed by atoms with van der Waals surface area (Å²) in [4.78, 5) is 14.4. The number of ether oxygens (including phenoxy) is 2. The highest BCUT2D eigenvalue weighted by Gasteiger charge is 2.24. The summed E-state index contributed by atoms with van der Waals surface area (Å²) in [5.74, 6) is 0.727. The van der Waals surface area contributed by atoms with E-state index in [1.165, 1.54) is 0 Å². The first-order chi connectivity index (χ1) is 13.7. The molecule has 0 saturated carbocycles. The molecule has 142 valence electrons. The average molecular weight is 394 g/mol. The second-order valence-electron chi connectivity index (χ2n) is 6.61. The van der Waals surface area contributed by atoms with E-state index in [2.05, 4.69) is 6.07 Å². The number of rotatable bonds is 4. The number of carbonyl (C=O) groups is 1. The molecular weight excluding hydrogens is 374 g/mol. The quantitative estimate of drug-likeness (QED) is 0.620. The summed E-state index contributed by atoms with van der Waals surface area (Å²) < 4.78 is 11.1. The number of para-hydroxylation sites is 1. The van der Waals surface area contributed by atoms with Gasteiger partial charge in [-0.3, -0.25) is 4.79 Å². The number of hydrogen-bond acceptors (Lipinski definition) is 3. The van der Waals surface area contributed by atoms with E-state index in [1.807, 2.05) is 60.7 Å². The van der Waals surface area contributed by atoms with Crippen LogP contribution in [0, 0.1) is 0 Å². The molecule has 0 saturated heterocycles. The molecule has 1 amide bonds. The lowest BCUT2D eigenvalue weighted by atomic mass is 10.0. The molecule has 0 unspecified atom stereocenters. The lowest BCUT2D eigenvalue weighted by Gasteiger charge is -2.23. The van der Waals surface area contributed by atoms with Gasteiger partial charge < -0.3 is 14.4 Å². The van der Waals surface area contributed by atoms with Crippen LogP contribution in [0.25, 0.3) is 11.1 Å². The first-order valence-electron chi connectivity index (χ1n) is 9.05. The summed E-state index contributed by atoms with van der Waals surface area (Å²) >= 11 is 6.31. The van der Waals surface area contributed by atoms with Crippen molar-refractivity contribution in [1.82, 2.24) is 0 Å². The van der Waals surface area contributed by atoms with Gasteiger partial charge in [0.2, 0.25) is 0 Å². The van der Waals surface area contributed by atoms with Crippen molar-refractivity contribution in [3.63, 3.8) is 0 Å². The van der Waals surface area contributed by atoms with E-state index in [0.717, 1.165) is 33.7 Å². The van der Waals surface area contributed by atoms with Gasteiger partial charge in [0.05, 0.1) is 20.3 Å². The Balaban J connectivity index is 1.74. The third kappa shape index (κ3) is 3.61. The predicted octanol–water partition coefficient (Wildman–Crippen LogP) is 5.08. The Morgan fingerprint density at radius 3 is 2.64 bits per heavy atom. The highest BCUT2D eigenvalue weighted by Crippen LogP contribution is 2.35. The number of halogens is 1. The van der Waals surface area contributed by atoms with Gasteiger partial charge in [0.25, 0.3) is 5.91 Å². The summed E-state index contributed by atoms with van der Waals surface area (Å²) in [6.45, 7) is 0.828. The smallest absolute Gasteiger partial charge is 0.253 e. The molecule has 1 aliphatic rings. The van der Waals surface area contributed by atoms with E-state index in [9.17, 15) is 4.79 Å². The topological polar surface area (TPSA) is 38.8 Å². The summed E-state index contributed by atoms with van der Waals surface area (Å²) in [5, 5.41) is 0.646. The molecule has 4 nitrogen and oxygen atoms in total.